The van der Waals surface area contributed by atoms with E-state index in [1.54, 1.807) is 0 Å². The standard InChI is InChI=1S/C2HF3O2.C2H3F3O.K/c3-2(4,5)1(6)7;3-1-2(4,5)6;/h(H,6,7);6H,1H2;/q;;+1/p-1. The van der Waals surface area contributed by atoms with E-state index in [-0.39, 0.29) is 51.4 Å². The monoisotopic (exact) mass is 252 g/mol. The molecule has 10 heteroatoms. The summed E-state index contributed by atoms with van der Waals surface area (Å²) < 4.78 is 63.3. The molecule has 0 radical (unpaired) electrons. The maximum absolute atomic E-state index is 10.6. The molecule has 1 N–H and O–H groups in total. The van der Waals surface area contributed by atoms with Crippen molar-refractivity contribution in [1.82, 2.24) is 0 Å². The van der Waals surface area contributed by atoms with E-state index < -0.39 is 24.9 Å². The van der Waals surface area contributed by atoms with E-state index in [2.05, 4.69) is 0 Å². The second-order valence-corrected chi connectivity index (χ2v) is 1.58. The molecule has 0 bridgehead atoms. The molecule has 0 unspecified atom stereocenters. The molecule has 0 aliphatic heterocycles. The fraction of sp³-hybridized carbons (Fsp3) is 0.750. The number of aliphatic hydroxyl groups is 1. The summed E-state index contributed by atoms with van der Waals surface area (Å²) in [7, 11) is 0. The van der Waals surface area contributed by atoms with Crippen molar-refractivity contribution >= 4 is 5.97 Å². The largest absolute Gasteiger partial charge is 1.00 e. The van der Waals surface area contributed by atoms with E-state index in [1.807, 2.05) is 0 Å². The molecule has 80 valence electrons. The quantitative estimate of drug-likeness (QED) is 0.396. The molecule has 3 nitrogen and oxygen atoms in total. The molecule has 0 aromatic carbocycles. The number of hydrogen-bond acceptors (Lipinski definition) is 3. The van der Waals surface area contributed by atoms with Gasteiger partial charge in [0.2, 0.25) is 0 Å². The van der Waals surface area contributed by atoms with Gasteiger partial charge in [-0.05, 0) is 0 Å². The Kier molecular flexibility index (Phi) is 11.3. The van der Waals surface area contributed by atoms with Crippen LogP contribution in [0.5, 0.6) is 0 Å². The van der Waals surface area contributed by atoms with Crippen molar-refractivity contribution in [3.63, 3.8) is 0 Å². The number of halogens is 6. The van der Waals surface area contributed by atoms with Crippen molar-refractivity contribution in [2.45, 2.75) is 12.3 Å². The molecule has 0 spiro atoms. The van der Waals surface area contributed by atoms with E-state index in [1.165, 1.54) is 0 Å². The van der Waals surface area contributed by atoms with Crippen molar-refractivity contribution in [3.05, 3.63) is 0 Å². The zero-order valence-electron chi connectivity index (χ0n) is 6.74. The van der Waals surface area contributed by atoms with Gasteiger partial charge in [0.25, 0.3) is 0 Å². The number of carboxylic acids is 1. The molecule has 0 heterocycles. The van der Waals surface area contributed by atoms with Crippen molar-refractivity contribution in [2.24, 2.45) is 0 Å². The average Bonchev–Trinajstić information content (AvgIpc) is 1.85. The minimum atomic E-state index is -5.19. The number of carbonyl (C=O) groups is 1. The van der Waals surface area contributed by atoms with E-state index in [9.17, 15) is 26.3 Å². The first-order chi connectivity index (χ1) is 5.50. The molecule has 0 saturated carbocycles. The second kappa shape index (κ2) is 7.88. The Balaban J connectivity index is -0.000000163. The van der Waals surface area contributed by atoms with Gasteiger partial charge in [0, 0.05) is 0 Å². The third-order valence-corrected chi connectivity index (χ3v) is 0.392. The molecule has 0 aliphatic rings. The van der Waals surface area contributed by atoms with Gasteiger partial charge in [0.05, 0.1) is 0 Å². The molecule has 0 aliphatic carbocycles. The first kappa shape index (κ1) is 20.1. The van der Waals surface area contributed by atoms with Crippen LogP contribution >= 0.6 is 0 Å². The first-order valence-corrected chi connectivity index (χ1v) is 2.45. The number of aliphatic carboxylic acids is 1. The number of alkyl halides is 6. The minimum Gasteiger partial charge on any atom is -0.542 e. The summed E-state index contributed by atoms with van der Waals surface area (Å²) in [5.74, 6) is -3.01. The number of carboxylic acid groups (broad SMARTS) is 1. The Morgan fingerprint density at radius 1 is 1.21 bits per heavy atom. The van der Waals surface area contributed by atoms with Crippen molar-refractivity contribution in [1.29, 1.82) is 0 Å². The maximum Gasteiger partial charge on any atom is 1.00 e. The number of carbonyl (C=O) groups excluding carboxylic acids is 1. The van der Waals surface area contributed by atoms with E-state index in [4.69, 9.17) is 15.0 Å². The smallest absolute Gasteiger partial charge is 0.542 e. The van der Waals surface area contributed by atoms with Gasteiger partial charge >= 0.3 is 63.7 Å². The molecule has 0 atom stereocenters. The van der Waals surface area contributed by atoms with E-state index in [0.29, 0.717) is 0 Å². The summed E-state index contributed by atoms with van der Waals surface area (Å²) in [6.07, 6.45) is -9.32. The van der Waals surface area contributed by atoms with Crippen LogP contribution in [0.15, 0.2) is 0 Å². The molecule has 0 saturated heterocycles. The Morgan fingerprint density at radius 3 is 1.36 bits per heavy atom. The molecular weight excluding hydrogens is 249 g/mol. The number of hydrogen-bond donors (Lipinski definition) is 1. The van der Waals surface area contributed by atoms with E-state index in [0.717, 1.165) is 0 Å². The molecule has 0 amide bonds. The summed E-state index contributed by atoms with van der Waals surface area (Å²) in [6, 6.07) is 0. The third kappa shape index (κ3) is 18.4. The average molecular weight is 252 g/mol. The molecule has 0 aromatic heterocycles. The van der Waals surface area contributed by atoms with Crippen LogP contribution in [-0.4, -0.2) is 30.0 Å². The summed E-state index contributed by atoms with van der Waals surface area (Å²) in [5.41, 5.74) is 0. The van der Waals surface area contributed by atoms with Crippen LogP contribution in [0.4, 0.5) is 26.3 Å². The van der Waals surface area contributed by atoms with Crippen LogP contribution in [0.2, 0.25) is 0 Å². The fourth-order valence-corrected chi connectivity index (χ4v) is 0. The number of rotatable bonds is 1. The van der Waals surface area contributed by atoms with Crippen molar-refractivity contribution in [3.8, 4) is 0 Å². The normalized spacial score (nSPS) is 10.8. The van der Waals surface area contributed by atoms with Crippen LogP contribution in [0.25, 0.3) is 0 Å². The third-order valence-electron chi connectivity index (χ3n) is 0.392. The summed E-state index contributed by atoms with van der Waals surface area (Å²) in [6.45, 7) is -2.01. The zero-order chi connectivity index (χ0) is 11.3. The van der Waals surface area contributed by atoms with Gasteiger partial charge in [-0.3, -0.25) is 0 Å². The van der Waals surface area contributed by atoms with Gasteiger partial charge in [-0.25, -0.2) is 4.39 Å². The van der Waals surface area contributed by atoms with Gasteiger partial charge in [0.1, 0.15) is 5.97 Å². The summed E-state index contributed by atoms with van der Waals surface area (Å²) in [5, 5.41) is 15.9. The molecular formula is C4H3F6KO3. The van der Waals surface area contributed by atoms with Gasteiger partial charge < -0.3 is 15.0 Å². The Hall–Kier alpha value is 0.646. The maximum atomic E-state index is 10.6. The summed E-state index contributed by atoms with van der Waals surface area (Å²) >= 11 is 0. The van der Waals surface area contributed by atoms with Gasteiger partial charge in [0.15, 0.2) is 6.67 Å². The topological polar surface area (TPSA) is 60.4 Å². The van der Waals surface area contributed by atoms with Crippen molar-refractivity contribution in [2.75, 3.05) is 6.67 Å². The minimum absolute atomic E-state index is 0. The molecule has 0 rings (SSSR count). The van der Waals surface area contributed by atoms with Crippen LogP contribution in [0.3, 0.4) is 0 Å². The Labute approximate surface area is 117 Å². The predicted molar refractivity (Wildman–Crippen MR) is 24.2 cm³/mol. The van der Waals surface area contributed by atoms with Crippen molar-refractivity contribution < 1.29 is 92.7 Å². The second-order valence-electron chi connectivity index (χ2n) is 1.58. The van der Waals surface area contributed by atoms with Crippen LogP contribution < -0.4 is 56.5 Å². The van der Waals surface area contributed by atoms with Crippen LogP contribution in [0.1, 0.15) is 0 Å². The van der Waals surface area contributed by atoms with Gasteiger partial charge in [-0.15, -0.1) is 0 Å². The first-order valence-electron chi connectivity index (χ1n) is 2.45. The van der Waals surface area contributed by atoms with Gasteiger partial charge in [-0.2, -0.15) is 22.0 Å². The Bertz CT molecular complexity index is 163. The Morgan fingerprint density at radius 2 is 1.36 bits per heavy atom. The molecule has 0 aromatic rings. The zero-order valence-corrected chi connectivity index (χ0v) is 9.86. The molecule has 14 heavy (non-hydrogen) atoms. The fourth-order valence-electron chi connectivity index (χ4n) is 0. The summed E-state index contributed by atoms with van der Waals surface area (Å²) in [4.78, 5) is 8.78. The van der Waals surface area contributed by atoms with E-state index >= 15 is 0 Å². The van der Waals surface area contributed by atoms with Crippen LogP contribution in [0, 0.1) is 0 Å². The molecule has 0 fully saturated rings. The predicted octanol–water partition coefficient (Wildman–Crippen LogP) is -3.16. The SMILES string of the molecule is O=C([O-])C(F)(F)F.OC(F)(F)CF.[K+]. The van der Waals surface area contributed by atoms with Crippen LogP contribution in [-0.2, 0) is 4.79 Å². The van der Waals surface area contributed by atoms with Gasteiger partial charge in [-0.1, -0.05) is 0 Å².